The second-order valence-electron chi connectivity index (χ2n) is 2.67. The Bertz CT molecular complexity index is 521. The van der Waals surface area contributed by atoms with Crippen LogP contribution >= 0.6 is 0 Å². The molecule has 2 aromatic rings. The van der Waals surface area contributed by atoms with Crippen LogP contribution in [-0.4, -0.2) is 15.3 Å². The molecule has 0 bridgehead atoms. The summed E-state index contributed by atoms with van der Waals surface area (Å²) in [4.78, 5) is 15.5. The molecule has 1 amide bonds. The van der Waals surface area contributed by atoms with E-state index >= 15 is 0 Å². The van der Waals surface area contributed by atoms with Crippen molar-refractivity contribution in [2.24, 2.45) is 0 Å². The van der Waals surface area contributed by atoms with E-state index in [9.17, 15) is 4.79 Å². The molecule has 68 valence electrons. The van der Waals surface area contributed by atoms with Gasteiger partial charge < -0.3 is 0 Å². The highest BCUT2D eigenvalue weighted by Gasteiger charge is 2.09. The van der Waals surface area contributed by atoms with Crippen LogP contribution in [0.4, 0.5) is 0 Å². The number of pyridine rings is 1. The lowest BCUT2D eigenvalue weighted by Gasteiger charge is -1.97. The molecular formula is C10H7N3O. The molecule has 2 aromatic heterocycles. The van der Waals surface area contributed by atoms with E-state index in [-0.39, 0.29) is 5.91 Å². The summed E-state index contributed by atoms with van der Waals surface area (Å²) < 4.78 is 1.67. The Morgan fingerprint density at radius 1 is 1.57 bits per heavy atom. The van der Waals surface area contributed by atoms with Crippen LogP contribution in [0, 0.1) is 12.5 Å². The van der Waals surface area contributed by atoms with Crippen molar-refractivity contribution in [3.05, 3.63) is 36.3 Å². The molecule has 14 heavy (non-hydrogen) atoms. The Hall–Kier alpha value is -2.28. The summed E-state index contributed by atoms with van der Waals surface area (Å²) >= 11 is 0. The van der Waals surface area contributed by atoms with Gasteiger partial charge in [-0.15, -0.1) is 0 Å². The molecule has 0 saturated heterocycles. The molecule has 1 N–H and O–H groups in total. The first-order chi connectivity index (χ1) is 6.83. The Kier molecular flexibility index (Phi) is 1.92. The smallest absolute Gasteiger partial charge is 0.281 e. The minimum atomic E-state index is -0.328. The summed E-state index contributed by atoms with van der Waals surface area (Å²) in [6, 6.07) is 7.57. The van der Waals surface area contributed by atoms with Gasteiger partial charge in [0.25, 0.3) is 5.91 Å². The molecule has 0 aliphatic heterocycles. The SMILES string of the molecule is C#CNC(=O)c1cnc2ccccn12. The number of carbonyl (C=O) groups is 1. The normalized spacial score (nSPS) is 9.64. The average molecular weight is 185 g/mol. The van der Waals surface area contributed by atoms with Crippen LogP contribution in [0.5, 0.6) is 0 Å². The lowest BCUT2D eigenvalue weighted by atomic mass is 10.4. The first-order valence-electron chi connectivity index (χ1n) is 4.01. The van der Waals surface area contributed by atoms with Gasteiger partial charge in [0, 0.05) is 12.2 Å². The molecule has 0 aliphatic carbocycles. The molecule has 0 spiro atoms. The van der Waals surface area contributed by atoms with E-state index in [0.29, 0.717) is 5.69 Å². The standard InChI is InChI=1S/C10H7N3O/c1-2-11-10(14)8-7-12-9-5-3-4-6-13(8)9/h1,3-7H,(H,11,14). The molecule has 0 radical (unpaired) electrons. The number of fused-ring (bicyclic) bond motifs is 1. The zero-order valence-electron chi connectivity index (χ0n) is 7.27. The van der Waals surface area contributed by atoms with E-state index in [2.05, 4.69) is 16.3 Å². The summed E-state index contributed by atoms with van der Waals surface area (Å²) in [6.45, 7) is 0. The van der Waals surface area contributed by atoms with E-state index in [4.69, 9.17) is 6.42 Å². The van der Waals surface area contributed by atoms with E-state index in [1.807, 2.05) is 18.2 Å². The van der Waals surface area contributed by atoms with Gasteiger partial charge in [-0.05, 0) is 12.1 Å². The third-order valence-corrected chi connectivity index (χ3v) is 1.84. The van der Waals surface area contributed by atoms with E-state index in [1.54, 1.807) is 10.6 Å². The predicted molar refractivity (Wildman–Crippen MR) is 51.5 cm³/mol. The van der Waals surface area contributed by atoms with Crippen molar-refractivity contribution in [1.82, 2.24) is 14.7 Å². The van der Waals surface area contributed by atoms with Gasteiger partial charge in [0.15, 0.2) is 0 Å². The molecule has 0 saturated carbocycles. The number of terminal acetylenes is 1. The summed E-state index contributed by atoms with van der Waals surface area (Å²) in [5.74, 6) is -0.328. The van der Waals surface area contributed by atoms with E-state index in [0.717, 1.165) is 5.65 Å². The Morgan fingerprint density at radius 2 is 2.43 bits per heavy atom. The van der Waals surface area contributed by atoms with Gasteiger partial charge in [-0.1, -0.05) is 12.5 Å². The first kappa shape index (κ1) is 8.32. The minimum absolute atomic E-state index is 0.328. The van der Waals surface area contributed by atoms with Crippen molar-refractivity contribution >= 4 is 11.6 Å². The minimum Gasteiger partial charge on any atom is -0.295 e. The molecule has 2 rings (SSSR count). The largest absolute Gasteiger partial charge is 0.295 e. The number of hydrogen-bond donors (Lipinski definition) is 1. The number of carbonyl (C=O) groups excluding carboxylic acids is 1. The van der Waals surface area contributed by atoms with Gasteiger partial charge in [0.2, 0.25) is 0 Å². The highest BCUT2D eigenvalue weighted by Crippen LogP contribution is 2.05. The molecule has 4 heteroatoms. The molecule has 0 atom stereocenters. The Morgan fingerprint density at radius 3 is 3.21 bits per heavy atom. The van der Waals surface area contributed by atoms with Crippen LogP contribution in [0.1, 0.15) is 10.5 Å². The Labute approximate surface area is 80.6 Å². The molecular weight excluding hydrogens is 178 g/mol. The number of nitrogens with one attached hydrogen (secondary N) is 1. The van der Waals surface area contributed by atoms with E-state index in [1.165, 1.54) is 6.20 Å². The van der Waals surface area contributed by atoms with Crippen LogP contribution in [0.3, 0.4) is 0 Å². The van der Waals surface area contributed by atoms with Crippen molar-refractivity contribution < 1.29 is 4.79 Å². The van der Waals surface area contributed by atoms with Crippen LogP contribution in [-0.2, 0) is 0 Å². The maximum absolute atomic E-state index is 11.4. The van der Waals surface area contributed by atoms with Gasteiger partial charge in [0.05, 0.1) is 6.20 Å². The molecule has 0 aliphatic rings. The Balaban J connectivity index is 2.54. The maximum Gasteiger partial charge on any atom is 0.281 e. The molecule has 2 heterocycles. The number of nitrogens with zero attached hydrogens (tertiary/aromatic N) is 2. The van der Waals surface area contributed by atoms with Crippen LogP contribution < -0.4 is 5.32 Å². The fourth-order valence-corrected chi connectivity index (χ4v) is 1.23. The quantitative estimate of drug-likeness (QED) is 0.524. The topological polar surface area (TPSA) is 46.4 Å². The highest BCUT2D eigenvalue weighted by atomic mass is 16.1. The lowest BCUT2D eigenvalue weighted by Crippen LogP contribution is -2.18. The molecule has 4 nitrogen and oxygen atoms in total. The van der Waals surface area contributed by atoms with Gasteiger partial charge in [-0.2, -0.15) is 0 Å². The average Bonchev–Trinajstić information content (AvgIpc) is 2.61. The highest BCUT2D eigenvalue weighted by molar-refractivity contribution is 5.94. The number of amides is 1. The van der Waals surface area contributed by atoms with Crippen LogP contribution in [0.2, 0.25) is 0 Å². The lowest BCUT2D eigenvalue weighted by molar-refractivity contribution is 0.0968. The zero-order chi connectivity index (χ0) is 9.97. The van der Waals surface area contributed by atoms with Gasteiger partial charge >= 0.3 is 0 Å². The molecule has 0 aromatic carbocycles. The third kappa shape index (κ3) is 1.21. The number of imidazole rings is 1. The van der Waals surface area contributed by atoms with Crippen molar-refractivity contribution in [3.8, 4) is 12.5 Å². The summed E-state index contributed by atoms with van der Waals surface area (Å²) in [7, 11) is 0. The van der Waals surface area contributed by atoms with Crippen molar-refractivity contribution in [1.29, 1.82) is 0 Å². The van der Waals surface area contributed by atoms with Gasteiger partial charge in [-0.3, -0.25) is 14.5 Å². The monoisotopic (exact) mass is 185 g/mol. The fourth-order valence-electron chi connectivity index (χ4n) is 1.23. The van der Waals surface area contributed by atoms with Crippen LogP contribution in [0.25, 0.3) is 5.65 Å². The second-order valence-corrected chi connectivity index (χ2v) is 2.67. The summed E-state index contributed by atoms with van der Waals surface area (Å²) in [5, 5.41) is 2.27. The van der Waals surface area contributed by atoms with Crippen LogP contribution in [0.15, 0.2) is 30.6 Å². The van der Waals surface area contributed by atoms with E-state index < -0.39 is 0 Å². The van der Waals surface area contributed by atoms with Crippen molar-refractivity contribution in [2.75, 3.05) is 0 Å². The first-order valence-corrected chi connectivity index (χ1v) is 4.01. The molecule has 0 fully saturated rings. The zero-order valence-corrected chi connectivity index (χ0v) is 7.27. The maximum atomic E-state index is 11.4. The predicted octanol–water partition coefficient (Wildman–Crippen LogP) is 0.655. The summed E-state index contributed by atoms with van der Waals surface area (Å²) in [5.41, 5.74) is 1.15. The second kappa shape index (κ2) is 3.23. The number of rotatable bonds is 1. The third-order valence-electron chi connectivity index (χ3n) is 1.84. The van der Waals surface area contributed by atoms with Gasteiger partial charge in [0.1, 0.15) is 11.3 Å². The number of aromatic nitrogens is 2. The van der Waals surface area contributed by atoms with Crippen molar-refractivity contribution in [3.63, 3.8) is 0 Å². The fraction of sp³-hybridized carbons (Fsp3) is 0. The van der Waals surface area contributed by atoms with Crippen molar-refractivity contribution in [2.45, 2.75) is 0 Å². The van der Waals surface area contributed by atoms with Gasteiger partial charge in [-0.25, -0.2) is 4.98 Å². The number of hydrogen-bond acceptors (Lipinski definition) is 2. The molecule has 0 unspecified atom stereocenters. The summed E-state index contributed by atoms with van der Waals surface area (Å²) in [6.07, 6.45) is 8.21.